The van der Waals surface area contributed by atoms with Gasteiger partial charge in [-0.3, -0.25) is 14.5 Å². The fourth-order valence-corrected chi connectivity index (χ4v) is 4.39. The van der Waals surface area contributed by atoms with Crippen molar-refractivity contribution >= 4 is 33.9 Å². The highest BCUT2D eigenvalue weighted by atomic mass is 16.2. The molecule has 1 saturated heterocycles. The summed E-state index contributed by atoms with van der Waals surface area (Å²) < 4.78 is 0. The van der Waals surface area contributed by atoms with Gasteiger partial charge in [-0.05, 0) is 17.5 Å². The standard InChI is InChI=1S/C25H24N4O2/c30-22(12-13-28-14-16-29(17-15-28)19-8-2-1-3-9-19)26-27-24-20-10-4-6-18-7-5-11-21(23(18)20)25(24)31/h1-11H,12-17H2,(H,26,30). The molecule has 1 N–H and O–H groups in total. The zero-order valence-electron chi connectivity index (χ0n) is 17.3. The van der Waals surface area contributed by atoms with Gasteiger partial charge in [-0.1, -0.05) is 54.6 Å². The number of para-hydroxylation sites is 1. The van der Waals surface area contributed by atoms with Crippen LogP contribution in [0.4, 0.5) is 5.69 Å². The van der Waals surface area contributed by atoms with Crippen molar-refractivity contribution in [2.75, 3.05) is 37.6 Å². The van der Waals surface area contributed by atoms with Crippen molar-refractivity contribution < 1.29 is 9.59 Å². The van der Waals surface area contributed by atoms with Crippen LogP contribution in [0.2, 0.25) is 0 Å². The molecule has 1 aliphatic heterocycles. The van der Waals surface area contributed by atoms with E-state index < -0.39 is 0 Å². The molecule has 1 aliphatic carbocycles. The van der Waals surface area contributed by atoms with Crippen LogP contribution in [0.1, 0.15) is 22.3 Å². The average Bonchev–Trinajstić information content (AvgIpc) is 3.10. The summed E-state index contributed by atoms with van der Waals surface area (Å²) in [6.45, 7) is 4.43. The number of hydrazone groups is 1. The number of nitrogens with one attached hydrogen (secondary N) is 1. The molecule has 0 bridgehead atoms. The fraction of sp³-hybridized carbons (Fsp3) is 0.240. The van der Waals surface area contributed by atoms with Crippen molar-refractivity contribution in [3.63, 3.8) is 0 Å². The van der Waals surface area contributed by atoms with Gasteiger partial charge in [-0.25, -0.2) is 5.43 Å². The van der Waals surface area contributed by atoms with E-state index in [4.69, 9.17) is 0 Å². The van der Waals surface area contributed by atoms with Gasteiger partial charge in [0, 0.05) is 61.3 Å². The van der Waals surface area contributed by atoms with E-state index in [-0.39, 0.29) is 11.7 Å². The third kappa shape index (κ3) is 3.82. The molecular weight excluding hydrogens is 388 g/mol. The molecule has 3 aromatic rings. The SMILES string of the molecule is O=C(CCN1CCN(c2ccccc2)CC1)NN=C1C(=O)c2cccc3cccc1c23. The molecule has 0 atom stereocenters. The van der Waals surface area contributed by atoms with E-state index in [1.807, 2.05) is 42.5 Å². The molecule has 1 fully saturated rings. The average molecular weight is 412 g/mol. The molecule has 31 heavy (non-hydrogen) atoms. The second kappa shape index (κ2) is 8.32. The minimum Gasteiger partial charge on any atom is -0.369 e. The van der Waals surface area contributed by atoms with E-state index >= 15 is 0 Å². The summed E-state index contributed by atoms with van der Waals surface area (Å²) in [5, 5.41) is 6.13. The maximum absolute atomic E-state index is 12.7. The Morgan fingerprint density at radius 3 is 2.32 bits per heavy atom. The van der Waals surface area contributed by atoms with Gasteiger partial charge in [-0.15, -0.1) is 0 Å². The van der Waals surface area contributed by atoms with Crippen LogP contribution < -0.4 is 10.3 Å². The summed E-state index contributed by atoms with van der Waals surface area (Å²) in [6, 6.07) is 21.8. The Hall–Kier alpha value is -3.51. The van der Waals surface area contributed by atoms with E-state index in [1.54, 1.807) is 0 Å². The number of benzene rings is 3. The Morgan fingerprint density at radius 1 is 0.871 bits per heavy atom. The largest absolute Gasteiger partial charge is 0.369 e. The van der Waals surface area contributed by atoms with Crippen molar-refractivity contribution in [1.82, 2.24) is 10.3 Å². The first-order valence-electron chi connectivity index (χ1n) is 10.7. The highest BCUT2D eigenvalue weighted by molar-refractivity contribution is 6.59. The first-order chi connectivity index (χ1) is 15.2. The van der Waals surface area contributed by atoms with Crippen LogP contribution in [0.3, 0.4) is 0 Å². The fourth-order valence-electron chi connectivity index (χ4n) is 4.39. The summed E-state index contributed by atoms with van der Waals surface area (Å²) in [7, 11) is 0. The van der Waals surface area contributed by atoms with E-state index in [2.05, 4.69) is 44.6 Å². The molecule has 0 aromatic heterocycles. The third-order valence-corrected chi connectivity index (χ3v) is 6.06. The topological polar surface area (TPSA) is 65.0 Å². The van der Waals surface area contributed by atoms with E-state index in [9.17, 15) is 9.59 Å². The molecule has 0 radical (unpaired) electrons. The Kier molecular flexibility index (Phi) is 5.22. The summed E-state index contributed by atoms with van der Waals surface area (Å²) >= 11 is 0. The van der Waals surface area contributed by atoms with Gasteiger partial charge in [0.1, 0.15) is 5.71 Å². The molecule has 2 aliphatic rings. The number of amides is 1. The van der Waals surface area contributed by atoms with Crippen LogP contribution >= 0.6 is 0 Å². The van der Waals surface area contributed by atoms with Crippen molar-refractivity contribution in [3.05, 3.63) is 77.9 Å². The maximum atomic E-state index is 12.7. The molecule has 0 saturated carbocycles. The molecule has 156 valence electrons. The third-order valence-electron chi connectivity index (χ3n) is 6.06. The zero-order chi connectivity index (χ0) is 21.2. The van der Waals surface area contributed by atoms with Crippen molar-refractivity contribution in [3.8, 4) is 0 Å². The minimum absolute atomic E-state index is 0.135. The number of Topliss-reactive ketones (excluding diaryl/α,β-unsaturated/α-hetero) is 1. The summed E-state index contributed by atoms with van der Waals surface area (Å²) in [6.07, 6.45) is 0.355. The summed E-state index contributed by atoms with van der Waals surface area (Å²) in [5.74, 6) is -0.307. The Labute approximate surface area is 181 Å². The lowest BCUT2D eigenvalue weighted by Crippen LogP contribution is -2.47. The van der Waals surface area contributed by atoms with Gasteiger partial charge >= 0.3 is 0 Å². The Morgan fingerprint density at radius 2 is 1.58 bits per heavy atom. The molecule has 0 spiro atoms. The van der Waals surface area contributed by atoms with Gasteiger partial charge in [-0.2, -0.15) is 5.10 Å². The number of piperazine rings is 1. The molecule has 6 nitrogen and oxygen atoms in total. The van der Waals surface area contributed by atoms with Gasteiger partial charge in [0.25, 0.3) is 0 Å². The van der Waals surface area contributed by atoms with Gasteiger partial charge < -0.3 is 4.90 Å². The van der Waals surface area contributed by atoms with Gasteiger partial charge in [0.05, 0.1) is 0 Å². The molecule has 5 rings (SSSR count). The first-order valence-corrected chi connectivity index (χ1v) is 10.7. The van der Waals surface area contributed by atoms with Gasteiger partial charge in [0.15, 0.2) is 0 Å². The zero-order valence-corrected chi connectivity index (χ0v) is 17.3. The monoisotopic (exact) mass is 412 g/mol. The number of hydrogen-bond acceptors (Lipinski definition) is 5. The lowest BCUT2D eigenvalue weighted by molar-refractivity contribution is -0.121. The van der Waals surface area contributed by atoms with Crippen molar-refractivity contribution in [2.45, 2.75) is 6.42 Å². The van der Waals surface area contributed by atoms with Crippen LogP contribution in [0.25, 0.3) is 10.8 Å². The second-order valence-electron chi connectivity index (χ2n) is 7.95. The highest BCUT2D eigenvalue weighted by Gasteiger charge is 2.29. The van der Waals surface area contributed by atoms with Crippen LogP contribution in [0.5, 0.6) is 0 Å². The number of carbonyl (C=O) groups is 2. The van der Waals surface area contributed by atoms with Crippen LogP contribution in [0.15, 0.2) is 71.8 Å². The molecule has 1 heterocycles. The Balaban J connectivity index is 1.16. The number of carbonyl (C=O) groups excluding carboxylic acids is 2. The number of ketones is 1. The highest BCUT2D eigenvalue weighted by Crippen LogP contribution is 2.30. The summed E-state index contributed by atoms with van der Waals surface area (Å²) in [5.41, 5.74) is 5.60. The maximum Gasteiger partial charge on any atom is 0.241 e. The predicted molar refractivity (Wildman–Crippen MR) is 123 cm³/mol. The molecule has 0 unspecified atom stereocenters. The van der Waals surface area contributed by atoms with Gasteiger partial charge in [0.2, 0.25) is 11.7 Å². The van der Waals surface area contributed by atoms with E-state index in [0.717, 1.165) is 42.5 Å². The lowest BCUT2D eigenvalue weighted by Gasteiger charge is -2.36. The van der Waals surface area contributed by atoms with Crippen LogP contribution in [-0.4, -0.2) is 55.0 Å². The molecule has 6 heteroatoms. The molecule has 1 amide bonds. The molecule has 3 aromatic carbocycles. The minimum atomic E-state index is -0.172. The van der Waals surface area contributed by atoms with E-state index in [0.29, 0.717) is 24.2 Å². The second-order valence-corrected chi connectivity index (χ2v) is 7.95. The van der Waals surface area contributed by atoms with Crippen molar-refractivity contribution in [2.24, 2.45) is 5.10 Å². The van der Waals surface area contributed by atoms with Crippen LogP contribution in [-0.2, 0) is 4.79 Å². The quantitative estimate of drug-likeness (QED) is 0.654. The number of nitrogens with zero attached hydrogens (tertiary/aromatic N) is 3. The lowest BCUT2D eigenvalue weighted by atomic mass is 10.1. The smallest absolute Gasteiger partial charge is 0.241 e. The Bertz CT molecular complexity index is 1160. The number of rotatable bonds is 5. The van der Waals surface area contributed by atoms with Crippen molar-refractivity contribution in [1.29, 1.82) is 0 Å². The summed E-state index contributed by atoms with van der Waals surface area (Å²) in [4.78, 5) is 29.8. The molecular formula is C25H24N4O2. The normalized spacial score (nSPS) is 17.5. The predicted octanol–water partition coefficient (Wildman–Crippen LogP) is 3.07. The first kappa shape index (κ1) is 19.5. The number of anilines is 1. The van der Waals surface area contributed by atoms with E-state index in [1.165, 1.54) is 5.69 Å². The number of hydrogen-bond donors (Lipinski definition) is 1. The van der Waals surface area contributed by atoms with Crippen LogP contribution in [0, 0.1) is 0 Å².